The van der Waals surface area contributed by atoms with E-state index in [9.17, 15) is 0 Å². The Kier molecular flexibility index (Phi) is 5.44. The Morgan fingerprint density at radius 1 is 1.30 bits per heavy atom. The van der Waals surface area contributed by atoms with E-state index in [1.807, 2.05) is 12.1 Å². The van der Waals surface area contributed by atoms with Gasteiger partial charge in [-0.25, -0.2) is 0 Å². The van der Waals surface area contributed by atoms with Gasteiger partial charge in [0.1, 0.15) is 5.75 Å². The lowest BCUT2D eigenvalue weighted by atomic mass is 10.0. The van der Waals surface area contributed by atoms with Crippen molar-refractivity contribution in [1.82, 2.24) is 4.90 Å². The first-order valence-corrected chi connectivity index (χ1v) is 7.72. The summed E-state index contributed by atoms with van der Waals surface area (Å²) >= 11 is 0. The van der Waals surface area contributed by atoms with Gasteiger partial charge in [-0.3, -0.25) is 0 Å². The van der Waals surface area contributed by atoms with Crippen molar-refractivity contribution in [3.63, 3.8) is 0 Å². The number of nitrogens with zero attached hydrogens (tertiary/aromatic N) is 1. The number of nitrogens with two attached hydrogens (primary N) is 1. The number of methoxy groups -OCH3 is 1. The standard InChI is InChI=1S/C17H28N2O/c1-13(19-11-10-16(12-19)14(2)18)4-5-15-6-8-17(20-3)9-7-15/h6-9,13-14,16H,4-5,10-12,18H2,1-3H3. The van der Waals surface area contributed by atoms with Gasteiger partial charge in [-0.05, 0) is 63.3 Å². The summed E-state index contributed by atoms with van der Waals surface area (Å²) in [5.41, 5.74) is 7.40. The van der Waals surface area contributed by atoms with Gasteiger partial charge in [0.05, 0.1) is 7.11 Å². The maximum atomic E-state index is 6.01. The van der Waals surface area contributed by atoms with Crippen molar-refractivity contribution < 1.29 is 4.74 Å². The fourth-order valence-corrected chi connectivity index (χ4v) is 3.00. The number of likely N-dealkylation sites (tertiary alicyclic amines) is 1. The molecule has 0 saturated carbocycles. The predicted molar refractivity (Wildman–Crippen MR) is 84.1 cm³/mol. The number of ether oxygens (including phenoxy) is 1. The van der Waals surface area contributed by atoms with Crippen molar-refractivity contribution in [2.75, 3.05) is 20.2 Å². The topological polar surface area (TPSA) is 38.5 Å². The Labute approximate surface area is 123 Å². The van der Waals surface area contributed by atoms with Crippen LogP contribution in [0.1, 0.15) is 32.3 Å². The monoisotopic (exact) mass is 276 g/mol. The van der Waals surface area contributed by atoms with Crippen LogP contribution in [0, 0.1) is 5.92 Å². The minimum Gasteiger partial charge on any atom is -0.497 e. The molecule has 2 rings (SSSR count). The van der Waals surface area contributed by atoms with Crippen LogP contribution in [-0.2, 0) is 6.42 Å². The molecule has 3 atom stereocenters. The van der Waals surface area contributed by atoms with Crippen LogP contribution in [0.2, 0.25) is 0 Å². The molecular formula is C17H28N2O. The molecule has 112 valence electrons. The van der Waals surface area contributed by atoms with E-state index < -0.39 is 0 Å². The summed E-state index contributed by atoms with van der Waals surface area (Å²) in [6.07, 6.45) is 3.59. The van der Waals surface area contributed by atoms with Crippen molar-refractivity contribution in [3.8, 4) is 5.75 Å². The molecule has 0 aliphatic carbocycles. The largest absolute Gasteiger partial charge is 0.497 e. The first-order valence-electron chi connectivity index (χ1n) is 7.72. The summed E-state index contributed by atoms with van der Waals surface area (Å²) in [7, 11) is 1.71. The predicted octanol–water partition coefficient (Wildman–Crippen LogP) is 2.69. The van der Waals surface area contributed by atoms with Gasteiger partial charge in [-0.1, -0.05) is 12.1 Å². The maximum Gasteiger partial charge on any atom is 0.118 e. The van der Waals surface area contributed by atoms with Crippen LogP contribution in [0.4, 0.5) is 0 Å². The van der Waals surface area contributed by atoms with Crippen LogP contribution in [-0.4, -0.2) is 37.2 Å². The molecule has 20 heavy (non-hydrogen) atoms. The number of aryl methyl sites for hydroxylation is 1. The molecule has 1 fully saturated rings. The van der Waals surface area contributed by atoms with E-state index in [1.54, 1.807) is 7.11 Å². The van der Waals surface area contributed by atoms with Gasteiger partial charge in [-0.15, -0.1) is 0 Å². The Morgan fingerprint density at radius 3 is 2.55 bits per heavy atom. The molecule has 3 heteroatoms. The number of benzene rings is 1. The smallest absolute Gasteiger partial charge is 0.118 e. The zero-order valence-electron chi connectivity index (χ0n) is 13.0. The van der Waals surface area contributed by atoms with Gasteiger partial charge in [0.25, 0.3) is 0 Å². The van der Waals surface area contributed by atoms with E-state index >= 15 is 0 Å². The van der Waals surface area contributed by atoms with Crippen molar-refractivity contribution in [2.45, 2.75) is 45.2 Å². The molecule has 1 aromatic carbocycles. The molecule has 0 radical (unpaired) electrons. The average Bonchev–Trinajstić information content (AvgIpc) is 2.95. The Morgan fingerprint density at radius 2 is 2.00 bits per heavy atom. The van der Waals surface area contributed by atoms with Crippen LogP contribution in [0.3, 0.4) is 0 Å². The van der Waals surface area contributed by atoms with Crippen LogP contribution >= 0.6 is 0 Å². The molecule has 3 unspecified atom stereocenters. The molecule has 0 spiro atoms. The van der Waals surface area contributed by atoms with Gasteiger partial charge in [0, 0.05) is 18.6 Å². The SMILES string of the molecule is COc1ccc(CCC(C)N2CCC(C(C)N)C2)cc1. The van der Waals surface area contributed by atoms with Crippen molar-refractivity contribution in [3.05, 3.63) is 29.8 Å². The molecule has 2 N–H and O–H groups in total. The highest BCUT2D eigenvalue weighted by molar-refractivity contribution is 5.27. The summed E-state index contributed by atoms with van der Waals surface area (Å²) in [6.45, 7) is 6.85. The third-order valence-corrected chi connectivity index (χ3v) is 4.63. The lowest BCUT2D eigenvalue weighted by Gasteiger charge is -2.25. The number of rotatable bonds is 6. The second-order valence-corrected chi connectivity index (χ2v) is 6.14. The first-order chi connectivity index (χ1) is 9.60. The quantitative estimate of drug-likeness (QED) is 0.868. The van der Waals surface area contributed by atoms with Crippen molar-refractivity contribution in [2.24, 2.45) is 11.7 Å². The summed E-state index contributed by atoms with van der Waals surface area (Å²) in [4.78, 5) is 2.59. The summed E-state index contributed by atoms with van der Waals surface area (Å²) in [5.74, 6) is 1.61. The molecule has 1 aliphatic heterocycles. The van der Waals surface area contributed by atoms with Gasteiger partial charge in [0.2, 0.25) is 0 Å². The summed E-state index contributed by atoms with van der Waals surface area (Å²) < 4.78 is 5.19. The molecule has 1 aromatic rings. The maximum absolute atomic E-state index is 6.01. The Balaban J connectivity index is 1.78. The minimum absolute atomic E-state index is 0.328. The van der Waals surface area contributed by atoms with Crippen LogP contribution in [0.25, 0.3) is 0 Å². The van der Waals surface area contributed by atoms with Gasteiger partial charge in [0.15, 0.2) is 0 Å². The van der Waals surface area contributed by atoms with Gasteiger partial charge in [-0.2, -0.15) is 0 Å². The van der Waals surface area contributed by atoms with E-state index in [2.05, 4.69) is 30.9 Å². The average molecular weight is 276 g/mol. The van der Waals surface area contributed by atoms with E-state index in [4.69, 9.17) is 10.5 Å². The number of hydrogen-bond donors (Lipinski definition) is 1. The fraction of sp³-hybridized carbons (Fsp3) is 0.647. The van der Waals surface area contributed by atoms with Crippen LogP contribution in [0.15, 0.2) is 24.3 Å². The lowest BCUT2D eigenvalue weighted by molar-refractivity contribution is 0.234. The molecule has 3 nitrogen and oxygen atoms in total. The number of hydrogen-bond acceptors (Lipinski definition) is 3. The van der Waals surface area contributed by atoms with E-state index in [0.717, 1.165) is 12.2 Å². The molecule has 0 aromatic heterocycles. The summed E-state index contributed by atoms with van der Waals surface area (Å²) in [6, 6.07) is 9.39. The highest BCUT2D eigenvalue weighted by atomic mass is 16.5. The third kappa shape index (κ3) is 3.97. The zero-order valence-corrected chi connectivity index (χ0v) is 13.0. The Hall–Kier alpha value is -1.06. The molecule has 1 aliphatic rings. The van der Waals surface area contributed by atoms with E-state index in [1.165, 1.54) is 31.5 Å². The highest BCUT2D eigenvalue weighted by Crippen LogP contribution is 2.23. The van der Waals surface area contributed by atoms with Crippen molar-refractivity contribution >= 4 is 0 Å². The van der Waals surface area contributed by atoms with E-state index in [0.29, 0.717) is 18.0 Å². The zero-order chi connectivity index (χ0) is 14.5. The van der Waals surface area contributed by atoms with Crippen molar-refractivity contribution in [1.29, 1.82) is 0 Å². The third-order valence-electron chi connectivity index (χ3n) is 4.63. The second-order valence-electron chi connectivity index (χ2n) is 6.14. The molecule has 1 saturated heterocycles. The summed E-state index contributed by atoms with van der Waals surface area (Å²) in [5, 5.41) is 0. The van der Waals surface area contributed by atoms with Crippen LogP contribution < -0.4 is 10.5 Å². The highest BCUT2D eigenvalue weighted by Gasteiger charge is 2.27. The second kappa shape index (κ2) is 7.09. The van der Waals surface area contributed by atoms with Gasteiger partial charge < -0.3 is 15.4 Å². The Bertz CT molecular complexity index is 402. The normalized spacial score (nSPS) is 22.7. The van der Waals surface area contributed by atoms with Crippen LogP contribution in [0.5, 0.6) is 5.75 Å². The molecular weight excluding hydrogens is 248 g/mol. The fourth-order valence-electron chi connectivity index (χ4n) is 3.00. The molecule has 1 heterocycles. The minimum atomic E-state index is 0.328. The molecule has 0 bridgehead atoms. The molecule has 0 amide bonds. The van der Waals surface area contributed by atoms with Gasteiger partial charge >= 0.3 is 0 Å². The van der Waals surface area contributed by atoms with E-state index in [-0.39, 0.29) is 0 Å². The first kappa shape index (κ1) is 15.3. The lowest BCUT2D eigenvalue weighted by Crippen LogP contribution is -2.34.